The van der Waals surface area contributed by atoms with Crippen molar-refractivity contribution in [1.29, 1.82) is 0 Å². The number of hydrogen-bond acceptors (Lipinski definition) is 1. The summed E-state index contributed by atoms with van der Waals surface area (Å²) < 4.78 is 0. The summed E-state index contributed by atoms with van der Waals surface area (Å²) in [7, 11) is 0. The Morgan fingerprint density at radius 3 is 2.42 bits per heavy atom. The Labute approximate surface area is 122 Å². The summed E-state index contributed by atoms with van der Waals surface area (Å²) in [6, 6.07) is 9.21. The SMILES string of the molecule is CC(C)CCCC(CNC1CC1)c1ccc(Cl)cc1. The highest BCUT2D eigenvalue weighted by Gasteiger charge is 2.22. The third kappa shape index (κ3) is 5.54. The topological polar surface area (TPSA) is 12.0 Å². The fraction of sp³-hybridized carbons (Fsp3) is 0.647. The zero-order valence-electron chi connectivity index (χ0n) is 12.2. The van der Waals surface area contributed by atoms with Crippen molar-refractivity contribution in [2.75, 3.05) is 6.54 Å². The highest BCUT2D eigenvalue weighted by Crippen LogP contribution is 2.26. The molecule has 2 heteroatoms. The fourth-order valence-corrected chi connectivity index (χ4v) is 2.62. The van der Waals surface area contributed by atoms with E-state index < -0.39 is 0 Å². The van der Waals surface area contributed by atoms with Crippen LogP contribution in [0.5, 0.6) is 0 Å². The van der Waals surface area contributed by atoms with Crippen LogP contribution in [0.2, 0.25) is 5.02 Å². The Balaban J connectivity index is 1.89. The second-order valence-electron chi connectivity index (χ2n) is 6.26. The Morgan fingerprint density at radius 1 is 1.16 bits per heavy atom. The van der Waals surface area contributed by atoms with Gasteiger partial charge in [0.15, 0.2) is 0 Å². The van der Waals surface area contributed by atoms with Crippen LogP contribution in [-0.4, -0.2) is 12.6 Å². The minimum Gasteiger partial charge on any atom is -0.313 e. The zero-order valence-corrected chi connectivity index (χ0v) is 12.9. The summed E-state index contributed by atoms with van der Waals surface area (Å²) in [5.74, 6) is 1.44. The maximum atomic E-state index is 5.98. The van der Waals surface area contributed by atoms with Crippen LogP contribution in [0.3, 0.4) is 0 Å². The first kappa shape index (κ1) is 14.9. The molecule has 106 valence electrons. The average molecular weight is 280 g/mol. The van der Waals surface area contributed by atoms with Crippen molar-refractivity contribution in [3.63, 3.8) is 0 Å². The smallest absolute Gasteiger partial charge is 0.0406 e. The summed E-state index contributed by atoms with van der Waals surface area (Å²) in [6.45, 7) is 5.73. The molecular formula is C17H26ClN. The molecule has 1 atom stereocenters. The molecule has 1 aromatic rings. The van der Waals surface area contributed by atoms with E-state index in [-0.39, 0.29) is 0 Å². The standard InChI is InChI=1S/C17H26ClN/c1-13(2)4-3-5-15(12-19-17-10-11-17)14-6-8-16(18)9-7-14/h6-9,13,15,17,19H,3-5,10-12H2,1-2H3. The van der Waals surface area contributed by atoms with Crippen LogP contribution in [0.25, 0.3) is 0 Å². The first-order valence-corrected chi connectivity index (χ1v) is 8.02. The van der Waals surface area contributed by atoms with Gasteiger partial charge in [-0.15, -0.1) is 0 Å². The van der Waals surface area contributed by atoms with Crippen LogP contribution < -0.4 is 5.32 Å². The lowest BCUT2D eigenvalue weighted by molar-refractivity contribution is 0.479. The molecule has 0 aliphatic heterocycles. The monoisotopic (exact) mass is 279 g/mol. The maximum Gasteiger partial charge on any atom is 0.0406 e. The van der Waals surface area contributed by atoms with Crippen LogP contribution in [0.15, 0.2) is 24.3 Å². The van der Waals surface area contributed by atoms with Crippen molar-refractivity contribution >= 4 is 11.6 Å². The molecule has 0 heterocycles. The Kier molecular flexibility index (Phi) is 5.72. The Hall–Kier alpha value is -0.530. The third-order valence-corrected chi connectivity index (χ3v) is 4.16. The van der Waals surface area contributed by atoms with Crippen molar-refractivity contribution in [3.05, 3.63) is 34.9 Å². The maximum absolute atomic E-state index is 5.98. The molecule has 19 heavy (non-hydrogen) atoms. The predicted octanol–water partition coefficient (Wildman–Crippen LogP) is 5.00. The molecule has 1 saturated carbocycles. The van der Waals surface area contributed by atoms with Gasteiger partial charge in [0.1, 0.15) is 0 Å². The van der Waals surface area contributed by atoms with E-state index in [1.807, 2.05) is 12.1 Å². The second-order valence-corrected chi connectivity index (χ2v) is 6.69. The molecule has 1 unspecified atom stereocenters. The lowest BCUT2D eigenvalue weighted by atomic mass is 9.92. The van der Waals surface area contributed by atoms with Crippen molar-refractivity contribution in [2.45, 2.75) is 57.9 Å². The van der Waals surface area contributed by atoms with Crippen LogP contribution >= 0.6 is 11.6 Å². The van der Waals surface area contributed by atoms with E-state index in [2.05, 4.69) is 31.3 Å². The minimum absolute atomic E-state index is 0.636. The van der Waals surface area contributed by atoms with E-state index in [0.29, 0.717) is 5.92 Å². The van der Waals surface area contributed by atoms with Crippen LogP contribution in [0, 0.1) is 5.92 Å². The van der Waals surface area contributed by atoms with E-state index >= 15 is 0 Å². The normalized spacial score (nSPS) is 16.8. The third-order valence-electron chi connectivity index (χ3n) is 3.91. The molecule has 0 aromatic heterocycles. The van der Waals surface area contributed by atoms with Gasteiger partial charge in [-0.1, -0.05) is 50.4 Å². The van der Waals surface area contributed by atoms with Gasteiger partial charge >= 0.3 is 0 Å². The Bertz CT molecular complexity index is 367. The fourth-order valence-electron chi connectivity index (χ4n) is 2.49. The van der Waals surface area contributed by atoms with Gasteiger partial charge in [0.2, 0.25) is 0 Å². The minimum atomic E-state index is 0.636. The van der Waals surface area contributed by atoms with E-state index in [1.54, 1.807) is 0 Å². The second kappa shape index (κ2) is 7.31. The first-order valence-electron chi connectivity index (χ1n) is 7.64. The molecule has 1 aromatic carbocycles. The largest absolute Gasteiger partial charge is 0.313 e. The number of halogens is 1. The molecule has 0 spiro atoms. The van der Waals surface area contributed by atoms with Crippen molar-refractivity contribution in [3.8, 4) is 0 Å². The lowest BCUT2D eigenvalue weighted by Gasteiger charge is -2.19. The van der Waals surface area contributed by atoms with Gasteiger partial charge < -0.3 is 5.32 Å². The Morgan fingerprint density at radius 2 is 1.84 bits per heavy atom. The molecule has 0 bridgehead atoms. The molecule has 1 aliphatic rings. The summed E-state index contributed by atoms with van der Waals surface area (Å²) >= 11 is 5.98. The molecule has 1 nitrogen and oxygen atoms in total. The van der Waals surface area contributed by atoms with Gasteiger partial charge in [0.05, 0.1) is 0 Å². The number of rotatable bonds is 8. The molecule has 0 saturated heterocycles. The number of benzene rings is 1. The molecular weight excluding hydrogens is 254 g/mol. The van der Waals surface area contributed by atoms with Crippen LogP contribution in [0.1, 0.15) is 57.4 Å². The molecule has 2 rings (SSSR count). The van der Waals surface area contributed by atoms with Crippen molar-refractivity contribution < 1.29 is 0 Å². The summed E-state index contributed by atoms with van der Waals surface area (Å²) in [4.78, 5) is 0. The van der Waals surface area contributed by atoms with Crippen LogP contribution in [0.4, 0.5) is 0 Å². The van der Waals surface area contributed by atoms with Gasteiger partial charge in [0, 0.05) is 17.6 Å². The van der Waals surface area contributed by atoms with Gasteiger partial charge in [-0.2, -0.15) is 0 Å². The molecule has 1 fully saturated rings. The molecule has 0 amide bonds. The lowest BCUT2D eigenvalue weighted by Crippen LogP contribution is -2.23. The van der Waals surface area contributed by atoms with E-state index in [1.165, 1.54) is 37.7 Å². The van der Waals surface area contributed by atoms with Crippen molar-refractivity contribution in [2.24, 2.45) is 5.92 Å². The van der Waals surface area contributed by atoms with Gasteiger partial charge in [-0.05, 0) is 48.8 Å². The number of hydrogen-bond donors (Lipinski definition) is 1. The highest BCUT2D eigenvalue weighted by atomic mass is 35.5. The quantitative estimate of drug-likeness (QED) is 0.706. The van der Waals surface area contributed by atoms with Crippen molar-refractivity contribution in [1.82, 2.24) is 5.32 Å². The van der Waals surface area contributed by atoms with E-state index in [4.69, 9.17) is 11.6 Å². The summed E-state index contributed by atoms with van der Waals surface area (Å²) in [6.07, 6.45) is 6.64. The van der Waals surface area contributed by atoms with Gasteiger partial charge in [-0.25, -0.2) is 0 Å². The van der Waals surface area contributed by atoms with Gasteiger partial charge in [-0.3, -0.25) is 0 Å². The van der Waals surface area contributed by atoms with E-state index in [9.17, 15) is 0 Å². The first-order chi connectivity index (χ1) is 9.15. The number of nitrogens with one attached hydrogen (secondary N) is 1. The predicted molar refractivity (Wildman–Crippen MR) is 83.9 cm³/mol. The zero-order chi connectivity index (χ0) is 13.7. The highest BCUT2D eigenvalue weighted by molar-refractivity contribution is 6.30. The summed E-state index contributed by atoms with van der Waals surface area (Å²) in [5.41, 5.74) is 1.43. The molecule has 0 radical (unpaired) electrons. The van der Waals surface area contributed by atoms with Crippen LogP contribution in [-0.2, 0) is 0 Å². The average Bonchev–Trinajstić information content (AvgIpc) is 3.18. The molecule has 1 N–H and O–H groups in total. The molecule has 1 aliphatic carbocycles. The summed E-state index contributed by atoms with van der Waals surface area (Å²) in [5, 5.41) is 4.51. The van der Waals surface area contributed by atoms with E-state index in [0.717, 1.165) is 23.5 Å². The van der Waals surface area contributed by atoms with Gasteiger partial charge in [0.25, 0.3) is 0 Å².